The number of aliphatic hydroxyl groups is 1. The van der Waals surface area contributed by atoms with Gasteiger partial charge in [0.15, 0.2) is 8.32 Å². The van der Waals surface area contributed by atoms with Gasteiger partial charge in [-0.15, -0.1) is 6.42 Å². The summed E-state index contributed by atoms with van der Waals surface area (Å²) in [6, 6.07) is 7.83. The molecule has 0 radical (unpaired) electrons. The summed E-state index contributed by atoms with van der Waals surface area (Å²) in [6.45, 7) is 12.1. The molecule has 1 N–H and O–H groups in total. The highest BCUT2D eigenvalue weighted by Crippen LogP contribution is 2.38. The second kappa shape index (κ2) is 10.1. The Morgan fingerprint density at radius 3 is 2.31 bits per heavy atom. The van der Waals surface area contributed by atoms with E-state index in [9.17, 15) is 5.11 Å². The number of ether oxygens (including phenoxy) is 2. The lowest BCUT2D eigenvalue weighted by atomic mass is 10.1. The third-order valence-electron chi connectivity index (χ3n) is 4.96. The minimum atomic E-state index is -1.93. The molecule has 2 atom stereocenters. The maximum Gasteiger partial charge on any atom is 0.192 e. The van der Waals surface area contributed by atoms with Gasteiger partial charge in [-0.3, -0.25) is 0 Å². The zero-order valence-electron chi connectivity index (χ0n) is 17.0. The molecular weight excluding hydrogens is 344 g/mol. The Morgan fingerprint density at radius 2 is 1.81 bits per heavy atom. The number of rotatable bonds is 10. The lowest BCUT2D eigenvalue weighted by molar-refractivity contribution is 0.0582. The number of methoxy groups -OCH3 is 1. The molecule has 0 spiro atoms. The van der Waals surface area contributed by atoms with Gasteiger partial charge in [0.25, 0.3) is 0 Å². The van der Waals surface area contributed by atoms with E-state index in [4.69, 9.17) is 20.3 Å². The van der Waals surface area contributed by atoms with Crippen molar-refractivity contribution in [3.05, 3.63) is 29.8 Å². The molecule has 0 heterocycles. The van der Waals surface area contributed by atoms with Gasteiger partial charge in [0.2, 0.25) is 0 Å². The van der Waals surface area contributed by atoms with Crippen LogP contribution in [0.15, 0.2) is 24.3 Å². The van der Waals surface area contributed by atoms with E-state index in [-0.39, 0.29) is 11.1 Å². The van der Waals surface area contributed by atoms with Gasteiger partial charge >= 0.3 is 0 Å². The molecule has 0 fully saturated rings. The molecule has 0 bridgehead atoms. The summed E-state index contributed by atoms with van der Waals surface area (Å²) in [4.78, 5) is 0. The second-order valence-corrected chi connectivity index (χ2v) is 12.9. The third kappa shape index (κ3) is 7.51. The molecular formula is C21H34O4Si. The molecule has 0 amide bonds. The van der Waals surface area contributed by atoms with E-state index in [0.29, 0.717) is 26.1 Å². The molecule has 0 saturated heterocycles. The maximum atomic E-state index is 9.86. The van der Waals surface area contributed by atoms with Crippen molar-refractivity contribution in [1.82, 2.24) is 0 Å². The number of hydrogen-bond acceptors (Lipinski definition) is 4. The van der Waals surface area contributed by atoms with Crippen molar-refractivity contribution in [2.24, 2.45) is 0 Å². The Balaban J connectivity index is 2.55. The molecule has 1 unspecified atom stereocenters. The monoisotopic (exact) mass is 378 g/mol. The normalized spacial score (nSPS) is 14.5. The van der Waals surface area contributed by atoms with Gasteiger partial charge in [0.1, 0.15) is 11.9 Å². The fraction of sp³-hybridized carbons (Fsp3) is 0.619. The van der Waals surface area contributed by atoms with E-state index in [1.807, 2.05) is 24.3 Å². The first-order valence-electron chi connectivity index (χ1n) is 9.11. The lowest BCUT2D eigenvalue weighted by Gasteiger charge is -2.39. The molecule has 0 aliphatic carbocycles. The van der Waals surface area contributed by atoms with Crippen molar-refractivity contribution in [1.29, 1.82) is 0 Å². The third-order valence-corrected chi connectivity index (χ3v) is 9.49. The average Bonchev–Trinajstić information content (AvgIpc) is 2.57. The number of aliphatic hydroxyl groups excluding tert-OH is 1. The fourth-order valence-corrected chi connectivity index (χ4v) is 3.66. The van der Waals surface area contributed by atoms with Crippen molar-refractivity contribution >= 4 is 8.32 Å². The summed E-state index contributed by atoms with van der Waals surface area (Å²) in [7, 11) is -0.280. The van der Waals surface area contributed by atoms with Crippen LogP contribution in [0.2, 0.25) is 18.1 Å². The number of hydrogen-bond donors (Lipinski definition) is 1. The average molecular weight is 379 g/mol. The highest BCUT2D eigenvalue weighted by molar-refractivity contribution is 6.74. The maximum absolute atomic E-state index is 9.86. The van der Waals surface area contributed by atoms with E-state index >= 15 is 0 Å². The lowest BCUT2D eigenvalue weighted by Crippen LogP contribution is -2.44. The molecule has 4 nitrogen and oxygen atoms in total. The summed E-state index contributed by atoms with van der Waals surface area (Å²) in [5.41, 5.74) is 1.09. The van der Waals surface area contributed by atoms with Crippen molar-refractivity contribution < 1.29 is 19.0 Å². The highest BCUT2D eigenvalue weighted by Gasteiger charge is 2.39. The Morgan fingerprint density at radius 1 is 1.19 bits per heavy atom. The van der Waals surface area contributed by atoms with Crippen LogP contribution >= 0.6 is 0 Å². The van der Waals surface area contributed by atoms with E-state index in [0.717, 1.165) is 11.3 Å². The van der Waals surface area contributed by atoms with Crippen LogP contribution < -0.4 is 4.74 Å². The van der Waals surface area contributed by atoms with Gasteiger partial charge in [-0.25, -0.2) is 0 Å². The second-order valence-electron chi connectivity index (χ2n) is 8.11. The first-order valence-corrected chi connectivity index (χ1v) is 12.0. The van der Waals surface area contributed by atoms with Gasteiger partial charge < -0.3 is 19.0 Å². The largest absolute Gasteiger partial charge is 0.497 e. The van der Waals surface area contributed by atoms with Gasteiger partial charge in [0, 0.05) is 13.0 Å². The molecule has 0 aliphatic heterocycles. The van der Waals surface area contributed by atoms with Crippen LogP contribution in [0.1, 0.15) is 39.2 Å². The summed E-state index contributed by atoms with van der Waals surface area (Å²) in [5, 5.41) is 9.97. The molecule has 146 valence electrons. The van der Waals surface area contributed by atoms with Crippen molar-refractivity contribution in [3.63, 3.8) is 0 Å². The van der Waals surface area contributed by atoms with Crippen LogP contribution in [0.5, 0.6) is 5.75 Å². The minimum absolute atomic E-state index is 0.0993. The van der Waals surface area contributed by atoms with Crippen LogP contribution in [0.3, 0.4) is 0 Å². The molecule has 0 aliphatic rings. The van der Waals surface area contributed by atoms with Crippen LogP contribution in [-0.4, -0.2) is 39.3 Å². The van der Waals surface area contributed by atoms with Gasteiger partial charge in [-0.1, -0.05) is 38.8 Å². The zero-order chi connectivity index (χ0) is 19.8. The Bertz CT molecular complexity index is 569. The van der Waals surface area contributed by atoms with Crippen LogP contribution in [0.4, 0.5) is 0 Å². The van der Waals surface area contributed by atoms with Crippen molar-refractivity contribution in [2.75, 3.05) is 13.7 Å². The fourth-order valence-electron chi connectivity index (χ4n) is 2.26. The Hall–Kier alpha value is -1.32. The van der Waals surface area contributed by atoms with Gasteiger partial charge in [-0.2, -0.15) is 0 Å². The van der Waals surface area contributed by atoms with Crippen molar-refractivity contribution in [3.8, 4) is 18.1 Å². The summed E-state index contributed by atoms with van der Waals surface area (Å²) >= 11 is 0. The molecule has 0 saturated carbocycles. The predicted molar refractivity (Wildman–Crippen MR) is 109 cm³/mol. The number of terminal acetylenes is 1. The first-order chi connectivity index (χ1) is 12.1. The summed E-state index contributed by atoms with van der Waals surface area (Å²) in [5.74, 6) is 3.22. The summed E-state index contributed by atoms with van der Waals surface area (Å²) in [6.07, 6.45) is 5.60. The van der Waals surface area contributed by atoms with Gasteiger partial charge in [0.05, 0.1) is 19.8 Å². The van der Waals surface area contributed by atoms with Crippen LogP contribution in [-0.2, 0) is 15.8 Å². The molecule has 1 aromatic rings. The molecule has 1 aromatic carbocycles. The molecule has 5 heteroatoms. The highest BCUT2D eigenvalue weighted by atomic mass is 28.4. The minimum Gasteiger partial charge on any atom is -0.497 e. The SMILES string of the molecule is C#CC(O)C[C@@H](CCOCc1ccc(OC)cc1)O[Si](C)(C)C(C)(C)C. The van der Waals surface area contributed by atoms with E-state index in [2.05, 4.69) is 39.8 Å². The van der Waals surface area contributed by atoms with Crippen LogP contribution in [0, 0.1) is 12.3 Å². The van der Waals surface area contributed by atoms with Crippen molar-refractivity contribution in [2.45, 2.75) is 70.6 Å². The first kappa shape index (κ1) is 22.7. The smallest absolute Gasteiger partial charge is 0.192 e. The predicted octanol–water partition coefficient (Wildman–Crippen LogP) is 4.38. The standard InChI is InChI=1S/C21H34O4Si/c1-8-18(22)15-20(25-26(6,7)21(2,3)4)13-14-24-16-17-9-11-19(23-5)12-10-17/h1,9-12,18,20,22H,13-16H2,2-7H3/t18?,20-/m1/s1. The molecule has 1 rings (SSSR count). The Labute approximate surface area is 160 Å². The topological polar surface area (TPSA) is 47.9 Å². The van der Waals surface area contributed by atoms with E-state index < -0.39 is 14.4 Å². The zero-order valence-corrected chi connectivity index (χ0v) is 18.0. The summed E-state index contributed by atoms with van der Waals surface area (Å²) < 4.78 is 17.4. The molecule has 0 aromatic heterocycles. The Kier molecular flexibility index (Phi) is 8.85. The van der Waals surface area contributed by atoms with E-state index in [1.54, 1.807) is 7.11 Å². The van der Waals surface area contributed by atoms with Crippen LogP contribution in [0.25, 0.3) is 0 Å². The quantitative estimate of drug-likeness (QED) is 0.373. The number of benzene rings is 1. The van der Waals surface area contributed by atoms with Gasteiger partial charge in [-0.05, 0) is 42.2 Å². The molecule has 26 heavy (non-hydrogen) atoms. The van der Waals surface area contributed by atoms with E-state index in [1.165, 1.54) is 0 Å².